The molecule has 0 spiro atoms. The van der Waals surface area contributed by atoms with Crippen molar-refractivity contribution in [3.05, 3.63) is 65.1 Å². The zero-order valence-electron chi connectivity index (χ0n) is 21.7. The average molecular weight is 531 g/mol. The van der Waals surface area contributed by atoms with Crippen molar-refractivity contribution in [3.8, 4) is 11.5 Å². The van der Waals surface area contributed by atoms with Crippen molar-refractivity contribution in [2.24, 2.45) is 5.41 Å². The number of methoxy groups -OCH3 is 1. The molecule has 1 saturated heterocycles. The number of hydrogen-bond donors (Lipinski definition) is 1. The van der Waals surface area contributed by atoms with E-state index in [9.17, 15) is 23.1 Å². The first-order valence-electron chi connectivity index (χ1n) is 12.8. The molecule has 0 atom stereocenters. The molecular formula is C29H33F3N2O4. The fourth-order valence-electron chi connectivity index (χ4n) is 5.42. The summed E-state index contributed by atoms with van der Waals surface area (Å²) < 4.78 is 50.7. The van der Waals surface area contributed by atoms with Crippen LogP contribution in [0.4, 0.5) is 13.2 Å². The van der Waals surface area contributed by atoms with Crippen molar-refractivity contribution >= 4 is 16.9 Å². The summed E-state index contributed by atoms with van der Waals surface area (Å²) in [6.45, 7) is 4.17. The first-order chi connectivity index (χ1) is 18.2. The van der Waals surface area contributed by atoms with Crippen LogP contribution in [0.1, 0.15) is 43.2 Å². The number of aryl methyl sites for hydroxylation is 2. The monoisotopic (exact) mass is 530 g/mol. The number of hydrogen-bond acceptors (Lipinski definition) is 5. The topological polar surface area (TPSA) is 71.9 Å². The van der Waals surface area contributed by atoms with Crippen LogP contribution in [-0.2, 0) is 11.2 Å². The van der Waals surface area contributed by atoms with Crippen LogP contribution in [0.25, 0.3) is 10.9 Å². The maximum atomic E-state index is 13.4. The van der Waals surface area contributed by atoms with E-state index in [-0.39, 0.29) is 24.2 Å². The van der Waals surface area contributed by atoms with Crippen LogP contribution >= 0.6 is 0 Å². The number of carbonyl (C=O) groups is 1. The van der Waals surface area contributed by atoms with E-state index in [1.807, 2.05) is 31.3 Å². The van der Waals surface area contributed by atoms with Crippen molar-refractivity contribution in [2.45, 2.75) is 45.4 Å². The molecule has 0 aliphatic carbocycles. The second kappa shape index (κ2) is 12.0. The number of halogens is 3. The number of piperidine rings is 1. The molecule has 6 nitrogen and oxygen atoms in total. The number of pyridine rings is 1. The molecule has 0 saturated carbocycles. The van der Waals surface area contributed by atoms with Crippen LogP contribution in [0.2, 0.25) is 0 Å². The molecule has 0 radical (unpaired) electrons. The Morgan fingerprint density at radius 1 is 1.11 bits per heavy atom. The van der Waals surface area contributed by atoms with Gasteiger partial charge in [-0.15, -0.1) is 0 Å². The third-order valence-corrected chi connectivity index (χ3v) is 7.61. The van der Waals surface area contributed by atoms with Gasteiger partial charge in [-0.25, -0.2) is 13.2 Å². The molecule has 9 heteroatoms. The predicted octanol–water partition coefficient (Wildman–Crippen LogP) is 5.93. The van der Waals surface area contributed by atoms with Gasteiger partial charge in [0.15, 0.2) is 17.5 Å². The minimum Gasteiger partial charge on any atom is -0.497 e. The molecule has 1 aliphatic rings. The quantitative estimate of drug-likeness (QED) is 0.310. The van der Waals surface area contributed by atoms with Crippen LogP contribution < -0.4 is 9.47 Å². The van der Waals surface area contributed by atoms with Crippen LogP contribution in [0.3, 0.4) is 0 Å². The highest BCUT2D eigenvalue weighted by atomic mass is 19.2. The molecule has 204 valence electrons. The fraction of sp³-hybridized carbons (Fsp3) is 0.448. The Kier molecular flexibility index (Phi) is 8.76. The van der Waals surface area contributed by atoms with E-state index < -0.39 is 23.4 Å². The first-order valence-corrected chi connectivity index (χ1v) is 12.8. The number of ether oxygens (including phenoxy) is 2. The molecule has 1 aliphatic heterocycles. The molecule has 0 amide bonds. The number of benzene rings is 2. The molecule has 38 heavy (non-hydrogen) atoms. The second-order valence-electron chi connectivity index (χ2n) is 10.1. The lowest BCUT2D eigenvalue weighted by Crippen LogP contribution is -2.42. The molecule has 1 fully saturated rings. The highest BCUT2D eigenvalue weighted by Crippen LogP contribution is 2.40. The van der Waals surface area contributed by atoms with Gasteiger partial charge in [0.1, 0.15) is 18.1 Å². The summed E-state index contributed by atoms with van der Waals surface area (Å²) in [5.41, 5.74) is 2.94. The Bertz CT molecular complexity index is 1270. The Labute approximate surface area is 220 Å². The highest BCUT2D eigenvalue weighted by Gasteiger charge is 2.36. The van der Waals surface area contributed by atoms with Crippen molar-refractivity contribution in [3.63, 3.8) is 0 Å². The molecule has 4 rings (SSSR count). The summed E-state index contributed by atoms with van der Waals surface area (Å²) in [6, 6.07) is 7.51. The summed E-state index contributed by atoms with van der Waals surface area (Å²) >= 11 is 0. The summed E-state index contributed by atoms with van der Waals surface area (Å²) in [5, 5.41) is 10.7. The zero-order valence-corrected chi connectivity index (χ0v) is 21.7. The van der Waals surface area contributed by atoms with Gasteiger partial charge < -0.3 is 14.6 Å². The Hall–Kier alpha value is -3.33. The number of carboxylic acid groups (broad SMARTS) is 1. The van der Waals surface area contributed by atoms with Crippen LogP contribution in [0, 0.1) is 29.8 Å². The van der Waals surface area contributed by atoms with E-state index in [1.54, 1.807) is 7.11 Å². The van der Waals surface area contributed by atoms with E-state index >= 15 is 0 Å². The van der Waals surface area contributed by atoms with Gasteiger partial charge in [0.2, 0.25) is 0 Å². The largest absolute Gasteiger partial charge is 0.497 e. The molecule has 3 aromatic rings. The van der Waals surface area contributed by atoms with Crippen molar-refractivity contribution in [2.75, 3.05) is 33.4 Å². The zero-order chi connectivity index (χ0) is 27.3. The Morgan fingerprint density at radius 2 is 1.82 bits per heavy atom. The number of fused-ring (bicyclic) bond motifs is 1. The Morgan fingerprint density at radius 3 is 2.47 bits per heavy atom. The fourth-order valence-corrected chi connectivity index (χ4v) is 5.42. The lowest BCUT2D eigenvalue weighted by molar-refractivity contribution is -0.140. The summed E-state index contributed by atoms with van der Waals surface area (Å²) in [6.07, 6.45) is 5.95. The van der Waals surface area contributed by atoms with Gasteiger partial charge in [-0.1, -0.05) is 0 Å². The standard InChI is InChI=1S/C29H33F3N2O4/c1-19-18-33-26-6-5-20(37-2)14-23(26)22(19)4-3-7-29(17-27(35)36)8-10-34(11-9-29)12-13-38-21-15-24(30)28(32)25(31)16-21/h5-6,14-16,18H,3-4,7-13,17H2,1-2H3,(H,35,36). The SMILES string of the molecule is COc1ccc2ncc(C)c(CCCC3(CC(=O)O)CCN(CCOc4cc(F)c(F)c(F)c4)CC3)c2c1. The number of rotatable bonds is 11. The summed E-state index contributed by atoms with van der Waals surface area (Å²) in [4.78, 5) is 18.4. The normalized spacial score (nSPS) is 15.5. The van der Waals surface area contributed by atoms with Crippen LogP contribution in [0.5, 0.6) is 11.5 Å². The van der Waals surface area contributed by atoms with Gasteiger partial charge in [-0.05, 0) is 86.9 Å². The van der Waals surface area contributed by atoms with Gasteiger partial charge >= 0.3 is 5.97 Å². The first kappa shape index (κ1) is 27.7. The van der Waals surface area contributed by atoms with Crippen LogP contribution in [-0.4, -0.2) is 54.3 Å². The van der Waals surface area contributed by atoms with Gasteiger partial charge in [-0.3, -0.25) is 14.7 Å². The Balaban J connectivity index is 1.34. The van der Waals surface area contributed by atoms with Gasteiger partial charge in [0.25, 0.3) is 0 Å². The molecule has 2 aromatic carbocycles. The third kappa shape index (κ3) is 6.56. The number of aliphatic carboxylic acids is 1. The van der Waals surface area contributed by atoms with Crippen LogP contribution in [0.15, 0.2) is 36.5 Å². The minimum atomic E-state index is -1.52. The van der Waals surface area contributed by atoms with E-state index in [0.717, 1.165) is 66.5 Å². The number of carboxylic acids is 1. The lowest BCUT2D eigenvalue weighted by Gasteiger charge is -2.41. The molecule has 2 heterocycles. The number of aromatic nitrogens is 1. The predicted molar refractivity (Wildman–Crippen MR) is 138 cm³/mol. The van der Waals surface area contributed by atoms with Gasteiger partial charge in [0, 0.05) is 30.3 Å². The lowest BCUT2D eigenvalue weighted by atomic mass is 9.72. The maximum absolute atomic E-state index is 13.4. The van der Waals surface area contributed by atoms with Crippen molar-refractivity contribution in [1.29, 1.82) is 0 Å². The third-order valence-electron chi connectivity index (χ3n) is 7.61. The molecule has 1 aromatic heterocycles. The number of nitrogens with zero attached hydrogens (tertiary/aromatic N) is 2. The molecule has 0 unspecified atom stereocenters. The van der Waals surface area contributed by atoms with Gasteiger partial charge in [0.05, 0.1) is 19.0 Å². The van der Waals surface area contributed by atoms with Crippen molar-refractivity contribution < 1.29 is 32.5 Å². The molecule has 1 N–H and O–H groups in total. The summed E-state index contributed by atoms with van der Waals surface area (Å²) in [5.74, 6) is -4.17. The van der Waals surface area contributed by atoms with E-state index in [4.69, 9.17) is 9.47 Å². The summed E-state index contributed by atoms with van der Waals surface area (Å²) in [7, 11) is 1.64. The maximum Gasteiger partial charge on any atom is 0.303 e. The second-order valence-corrected chi connectivity index (χ2v) is 10.1. The molecule has 0 bridgehead atoms. The van der Waals surface area contributed by atoms with Gasteiger partial charge in [-0.2, -0.15) is 0 Å². The molecular weight excluding hydrogens is 497 g/mol. The average Bonchev–Trinajstić information content (AvgIpc) is 2.89. The number of likely N-dealkylation sites (tertiary alicyclic amines) is 1. The van der Waals surface area contributed by atoms with Crippen molar-refractivity contribution in [1.82, 2.24) is 9.88 Å². The smallest absolute Gasteiger partial charge is 0.303 e. The minimum absolute atomic E-state index is 0.0600. The van der Waals surface area contributed by atoms with E-state index in [0.29, 0.717) is 19.6 Å². The van der Waals surface area contributed by atoms with E-state index in [1.165, 1.54) is 5.56 Å². The van der Waals surface area contributed by atoms with E-state index in [2.05, 4.69) is 9.88 Å². The highest BCUT2D eigenvalue weighted by molar-refractivity contribution is 5.84.